The molecule has 4 rings (SSSR count). The molecule has 3 aliphatic rings. The topological polar surface area (TPSA) is 47.2 Å². The van der Waals surface area contributed by atoms with E-state index < -0.39 is 0 Å². The third-order valence-electron chi connectivity index (χ3n) is 5.38. The van der Waals surface area contributed by atoms with E-state index in [1.54, 1.807) is 18.1 Å². The van der Waals surface area contributed by atoms with Gasteiger partial charge in [0.1, 0.15) is 4.90 Å². The molecule has 0 spiro atoms. The van der Waals surface area contributed by atoms with E-state index in [1.807, 2.05) is 10.8 Å². The average molecular weight is 329 g/mol. The summed E-state index contributed by atoms with van der Waals surface area (Å²) in [5.41, 5.74) is 1.10. The van der Waals surface area contributed by atoms with Crippen LogP contribution in [0.3, 0.4) is 0 Å². The zero-order valence-corrected chi connectivity index (χ0v) is 14.6. The van der Waals surface area contributed by atoms with Gasteiger partial charge in [0.2, 0.25) is 0 Å². The van der Waals surface area contributed by atoms with Gasteiger partial charge in [-0.05, 0) is 24.7 Å². The molecule has 1 aromatic heterocycles. The minimum absolute atomic E-state index is 0.145. The summed E-state index contributed by atoms with van der Waals surface area (Å²) in [7, 11) is 0. The summed E-state index contributed by atoms with van der Waals surface area (Å²) in [5, 5.41) is 1.05. The predicted octanol–water partition coefficient (Wildman–Crippen LogP) is 4.14. The Morgan fingerprint density at radius 2 is 2.04 bits per heavy atom. The van der Waals surface area contributed by atoms with Gasteiger partial charge in [-0.15, -0.1) is 0 Å². The first-order valence-corrected chi connectivity index (χ1v) is 9.51. The quantitative estimate of drug-likeness (QED) is 0.819. The molecule has 3 heterocycles. The summed E-state index contributed by atoms with van der Waals surface area (Å²) in [5.74, 6) is 1.07. The van der Waals surface area contributed by atoms with E-state index in [4.69, 9.17) is 4.98 Å². The summed E-state index contributed by atoms with van der Waals surface area (Å²) in [6.07, 6.45) is 11.8. The van der Waals surface area contributed by atoms with E-state index in [2.05, 4.69) is 24.9 Å². The van der Waals surface area contributed by atoms with Crippen LogP contribution in [0.15, 0.2) is 33.3 Å². The zero-order chi connectivity index (χ0) is 16.0. The molecule has 0 saturated heterocycles. The Morgan fingerprint density at radius 1 is 1.26 bits per heavy atom. The molecule has 0 N–H and O–H groups in total. The lowest BCUT2D eigenvalue weighted by Gasteiger charge is -2.27. The van der Waals surface area contributed by atoms with Crippen molar-refractivity contribution in [1.29, 1.82) is 0 Å². The Hall–Kier alpha value is -1.36. The lowest BCUT2D eigenvalue weighted by Crippen LogP contribution is -2.29. The monoisotopic (exact) mass is 329 g/mol. The van der Waals surface area contributed by atoms with Crippen molar-refractivity contribution >= 4 is 16.8 Å². The second-order valence-corrected chi connectivity index (χ2v) is 8.20. The van der Waals surface area contributed by atoms with Crippen LogP contribution in [0, 0.1) is 11.8 Å². The van der Waals surface area contributed by atoms with Gasteiger partial charge in [0.25, 0.3) is 5.56 Å². The molecule has 122 valence electrons. The minimum atomic E-state index is 0.145. The summed E-state index contributed by atoms with van der Waals surface area (Å²) in [6, 6.07) is 0.332. The van der Waals surface area contributed by atoms with Gasteiger partial charge in [-0.25, -0.2) is 4.98 Å². The van der Waals surface area contributed by atoms with Crippen molar-refractivity contribution in [2.75, 3.05) is 0 Å². The van der Waals surface area contributed by atoms with Gasteiger partial charge in [0.05, 0.1) is 23.0 Å². The molecule has 0 amide bonds. The smallest absolute Gasteiger partial charge is 0.267 e. The fraction of sp³-hybridized carbons (Fsp3) is 0.611. The third-order valence-corrected chi connectivity index (χ3v) is 6.54. The minimum Gasteiger partial charge on any atom is -0.295 e. The maximum atomic E-state index is 13.0. The highest BCUT2D eigenvalue weighted by Crippen LogP contribution is 2.47. The van der Waals surface area contributed by atoms with Crippen molar-refractivity contribution in [3.63, 3.8) is 0 Å². The number of thioether (sulfide) groups is 1. The Bertz CT molecular complexity index is 728. The molecular weight excluding hydrogens is 306 g/mol. The highest BCUT2D eigenvalue weighted by Gasteiger charge is 2.40. The molecule has 2 aliphatic heterocycles. The van der Waals surface area contributed by atoms with Gasteiger partial charge in [-0.1, -0.05) is 50.9 Å². The van der Waals surface area contributed by atoms with Crippen molar-refractivity contribution in [3.8, 4) is 0 Å². The average Bonchev–Trinajstić information content (AvgIpc) is 2.95. The fourth-order valence-electron chi connectivity index (χ4n) is 4.07. The number of hydrogen-bond acceptors (Lipinski definition) is 4. The SMILES string of the molecule is CC(C)C1C=CN=C2Sc3c(ncn(C4CCCCC4)c3=O)C21. The molecular formula is C18H23N3OS. The summed E-state index contributed by atoms with van der Waals surface area (Å²) >= 11 is 1.55. The molecule has 1 aromatic rings. The summed E-state index contributed by atoms with van der Waals surface area (Å²) in [6.45, 7) is 4.45. The maximum absolute atomic E-state index is 13.0. The van der Waals surface area contributed by atoms with Gasteiger partial charge in [-0.2, -0.15) is 0 Å². The van der Waals surface area contributed by atoms with Crippen LogP contribution in [0.4, 0.5) is 0 Å². The number of allylic oxidation sites excluding steroid dienone is 1. The highest BCUT2D eigenvalue weighted by molar-refractivity contribution is 8.14. The lowest BCUT2D eigenvalue weighted by atomic mass is 9.81. The van der Waals surface area contributed by atoms with Crippen LogP contribution < -0.4 is 5.56 Å². The number of aliphatic imine (C=N–C) groups is 1. The molecule has 4 nitrogen and oxygen atoms in total. The first-order valence-electron chi connectivity index (χ1n) is 8.70. The first kappa shape index (κ1) is 15.2. The molecule has 1 saturated carbocycles. The standard InChI is InChI=1S/C18H23N3OS/c1-11(2)13-8-9-19-17-14(13)15-16(23-17)18(22)21(10-20-15)12-6-4-3-5-7-12/h8-14H,3-7H2,1-2H3. The van der Waals surface area contributed by atoms with E-state index in [0.717, 1.165) is 28.5 Å². The Kier molecular flexibility index (Phi) is 3.92. The summed E-state index contributed by atoms with van der Waals surface area (Å²) < 4.78 is 1.89. The number of aromatic nitrogens is 2. The van der Waals surface area contributed by atoms with Crippen molar-refractivity contribution in [3.05, 3.63) is 34.7 Å². The summed E-state index contributed by atoms with van der Waals surface area (Å²) in [4.78, 5) is 23.1. The van der Waals surface area contributed by atoms with E-state index in [-0.39, 0.29) is 11.5 Å². The van der Waals surface area contributed by atoms with Crippen LogP contribution in [0.5, 0.6) is 0 Å². The molecule has 2 unspecified atom stereocenters. The molecule has 0 aromatic carbocycles. The van der Waals surface area contributed by atoms with Gasteiger partial charge in [0, 0.05) is 12.2 Å². The van der Waals surface area contributed by atoms with Crippen molar-refractivity contribution in [2.45, 2.75) is 62.8 Å². The molecule has 0 radical (unpaired) electrons. The molecule has 0 bridgehead atoms. The van der Waals surface area contributed by atoms with Gasteiger partial charge < -0.3 is 0 Å². The second-order valence-electron chi connectivity index (χ2n) is 7.17. The molecule has 2 atom stereocenters. The maximum Gasteiger partial charge on any atom is 0.267 e. The van der Waals surface area contributed by atoms with Crippen LogP contribution in [-0.4, -0.2) is 14.6 Å². The lowest BCUT2D eigenvalue weighted by molar-refractivity contribution is 0.339. The van der Waals surface area contributed by atoms with Crippen molar-refractivity contribution in [2.24, 2.45) is 16.8 Å². The number of fused-ring (bicyclic) bond motifs is 3. The zero-order valence-electron chi connectivity index (χ0n) is 13.7. The van der Waals surface area contributed by atoms with Crippen LogP contribution in [0.1, 0.15) is 63.6 Å². The fourth-order valence-corrected chi connectivity index (χ4v) is 5.27. The number of nitrogens with zero attached hydrogens (tertiary/aromatic N) is 3. The van der Waals surface area contributed by atoms with Crippen LogP contribution in [0.2, 0.25) is 0 Å². The van der Waals surface area contributed by atoms with Gasteiger partial charge >= 0.3 is 0 Å². The van der Waals surface area contributed by atoms with E-state index in [1.165, 1.54) is 19.3 Å². The van der Waals surface area contributed by atoms with Crippen LogP contribution in [0.25, 0.3) is 0 Å². The number of rotatable bonds is 2. The van der Waals surface area contributed by atoms with E-state index in [9.17, 15) is 4.79 Å². The van der Waals surface area contributed by atoms with Crippen molar-refractivity contribution < 1.29 is 0 Å². The van der Waals surface area contributed by atoms with Gasteiger partial charge in [-0.3, -0.25) is 14.4 Å². The van der Waals surface area contributed by atoms with Crippen molar-refractivity contribution in [1.82, 2.24) is 9.55 Å². The van der Waals surface area contributed by atoms with Crippen LogP contribution >= 0.6 is 11.8 Å². The number of hydrogen-bond donors (Lipinski definition) is 0. The highest BCUT2D eigenvalue weighted by atomic mass is 32.2. The normalized spacial score (nSPS) is 27.0. The molecule has 1 aliphatic carbocycles. The molecule has 23 heavy (non-hydrogen) atoms. The second kappa shape index (κ2) is 5.93. The third kappa shape index (κ3) is 2.49. The molecule has 1 fully saturated rings. The van der Waals surface area contributed by atoms with E-state index in [0.29, 0.717) is 17.9 Å². The Labute approximate surface area is 141 Å². The molecule has 5 heteroatoms. The van der Waals surface area contributed by atoms with E-state index >= 15 is 0 Å². The van der Waals surface area contributed by atoms with Crippen LogP contribution in [-0.2, 0) is 0 Å². The predicted molar refractivity (Wildman–Crippen MR) is 94.1 cm³/mol. The largest absolute Gasteiger partial charge is 0.295 e. The first-order chi connectivity index (χ1) is 11.2. The Morgan fingerprint density at radius 3 is 2.78 bits per heavy atom. The Balaban J connectivity index is 1.74. The van der Waals surface area contributed by atoms with Gasteiger partial charge in [0.15, 0.2) is 0 Å².